The lowest BCUT2D eigenvalue weighted by atomic mass is 10.2. The van der Waals surface area contributed by atoms with Crippen molar-refractivity contribution in [2.75, 3.05) is 31.1 Å². The van der Waals surface area contributed by atoms with Crippen LogP contribution in [-0.4, -0.2) is 46.8 Å². The lowest BCUT2D eigenvalue weighted by molar-refractivity contribution is -0.132. The van der Waals surface area contributed by atoms with Crippen LogP contribution in [0.3, 0.4) is 0 Å². The van der Waals surface area contributed by atoms with Crippen LogP contribution in [0.2, 0.25) is 0 Å². The van der Waals surface area contributed by atoms with Crippen molar-refractivity contribution in [3.63, 3.8) is 0 Å². The highest BCUT2D eigenvalue weighted by molar-refractivity contribution is 9.10. The number of rotatable bonds is 3. The molecule has 0 saturated carbocycles. The molecule has 0 N–H and O–H groups in total. The van der Waals surface area contributed by atoms with Crippen LogP contribution in [0.5, 0.6) is 0 Å². The molecule has 1 amide bonds. The van der Waals surface area contributed by atoms with Gasteiger partial charge in [-0.1, -0.05) is 5.92 Å². The monoisotopic (exact) mass is 404 g/mol. The molecule has 7 heteroatoms. The molecule has 0 spiro atoms. The van der Waals surface area contributed by atoms with Crippen LogP contribution in [-0.2, 0) is 11.3 Å². The molecule has 2 aromatic rings. The summed E-state index contributed by atoms with van der Waals surface area (Å²) in [5.74, 6) is 5.55. The Bertz CT molecular complexity index is 814. The number of carbonyl (C=O) groups is 1. The molecule has 25 heavy (non-hydrogen) atoms. The molecule has 0 atom stereocenters. The fourth-order valence-electron chi connectivity index (χ4n) is 2.80. The lowest BCUT2D eigenvalue weighted by Crippen LogP contribution is -2.49. The summed E-state index contributed by atoms with van der Waals surface area (Å²) >= 11 is 3.35. The molecule has 1 aliphatic rings. The predicted octanol–water partition coefficient (Wildman–Crippen LogP) is 2.50. The van der Waals surface area contributed by atoms with Crippen molar-refractivity contribution < 1.29 is 9.18 Å². The zero-order valence-corrected chi connectivity index (χ0v) is 15.5. The number of aromatic nitrogens is 2. The van der Waals surface area contributed by atoms with Crippen LogP contribution < -0.4 is 4.90 Å². The summed E-state index contributed by atoms with van der Waals surface area (Å²) in [5.41, 5.74) is 1.75. The van der Waals surface area contributed by atoms with Gasteiger partial charge in [0, 0.05) is 38.1 Å². The Morgan fingerprint density at radius 3 is 2.56 bits per heavy atom. The van der Waals surface area contributed by atoms with Gasteiger partial charge in [-0.15, -0.1) is 5.92 Å². The SMILES string of the molecule is CC#Cc1cn(CC(=O)N2CCN(c3ccc(F)cc3)CC2)nc1Br. The summed E-state index contributed by atoms with van der Waals surface area (Å²) in [6, 6.07) is 6.45. The Morgan fingerprint density at radius 2 is 1.92 bits per heavy atom. The Balaban J connectivity index is 1.57. The molecule has 0 bridgehead atoms. The Kier molecular flexibility index (Phi) is 5.39. The molecular formula is C18H18BrFN4O. The van der Waals surface area contributed by atoms with Crippen LogP contribution in [0.4, 0.5) is 10.1 Å². The van der Waals surface area contributed by atoms with E-state index < -0.39 is 0 Å². The van der Waals surface area contributed by atoms with E-state index in [4.69, 9.17) is 0 Å². The normalized spacial score (nSPS) is 14.2. The van der Waals surface area contributed by atoms with Gasteiger partial charge >= 0.3 is 0 Å². The van der Waals surface area contributed by atoms with Crippen molar-refractivity contribution in [1.82, 2.24) is 14.7 Å². The van der Waals surface area contributed by atoms with Crippen LogP contribution in [0, 0.1) is 17.7 Å². The number of piperazine rings is 1. The Labute approximate surface area is 154 Å². The first-order chi connectivity index (χ1) is 12.1. The molecule has 5 nitrogen and oxygen atoms in total. The molecule has 3 rings (SSSR count). The third-order valence-electron chi connectivity index (χ3n) is 4.10. The maximum Gasteiger partial charge on any atom is 0.244 e. The third-order valence-corrected chi connectivity index (χ3v) is 4.68. The van der Waals surface area contributed by atoms with E-state index in [1.165, 1.54) is 12.1 Å². The molecule has 130 valence electrons. The second-order valence-electron chi connectivity index (χ2n) is 5.75. The number of hydrogen-bond donors (Lipinski definition) is 0. The minimum atomic E-state index is -0.241. The van der Waals surface area contributed by atoms with E-state index in [0.29, 0.717) is 17.7 Å². The number of carbonyl (C=O) groups excluding carboxylic acids is 1. The Hall–Kier alpha value is -2.33. The standard InChI is InChI=1S/C18H18BrFN4O/c1-2-3-14-12-24(21-18(14)19)13-17(25)23-10-8-22(9-11-23)16-6-4-15(20)5-7-16/h4-7,12H,8-11,13H2,1H3. The first-order valence-corrected chi connectivity index (χ1v) is 8.80. The number of benzene rings is 1. The lowest BCUT2D eigenvalue weighted by Gasteiger charge is -2.36. The minimum absolute atomic E-state index is 0.0322. The Morgan fingerprint density at radius 1 is 1.24 bits per heavy atom. The van der Waals surface area contributed by atoms with Crippen molar-refractivity contribution in [2.24, 2.45) is 0 Å². The highest BCUT2D eigenvalue weighted by Gasteiger charge is 2.22. The molecule has 1 saturated heterocycles. The molecule has 0 unspecified atom stereocenters. The summed E-state index contributed by atoms with van der Waals surface area (Å²) in [7, 11) is 0. The maximum atomic E-state index is 13.0. The number of halogens is 2. The summed E-state index contributed by atoms with van der Waals surface area (Å²) in [6.07, 6.45) is 1.77. The van der Waals surface area contributed by atoms with Gasteiger partial charge < -0.3 is 9.80 Å². The van der Waals surface area contributed by atoms with Crippen LogP contribution in [0.25, 0.3) is 0 Å². The predicted molar refractivity (Wildman–Crippen MR) is 97.7 cm³/mol. The van der Waals surface area contributed by atoms with Crippen molar-refractivity contribution >= 4 is 27.5 Å². The van der Waals surface area contributed by atoms with Gasteiger partial charge in [-0.3, -0.25) is 9.48 Å². The van der Waals surface area contributed by atoms with Gasteiger partial charge in [0.2, 0.25) is 5.91 Å². The second-order valence-corrected chi connectivity index (χ2v) is 6.50. The quantitative estimate of drug-likeness (QED) is 0.738. The molecule has 1 aliphatic heterocycles. The number of nitrogens with zero attached hydrogens (tertiary/aromatic N) is 4. The number of hydrogen-bond acceptors (Lipinski definition) is 3. The highest BCUT2D eigenvalue weighted by Crippen LogP contribution is 2.17. The molecule has 1 fully saturated rings. The van der Waals surface area contributed by atoms with E-state index in [1.54, 1.807) is 29.9 Å². The van der Waals surface area contributed by atoms with Crippen molar-refractivity contribution in [2.45, 2.75) is 13.5 Å². The van der Waals surface area contributed by atoms with E-state index in [-0.39, 0.29) is 18.3 Å². The minimum Gasteiger partial charge on any atom is -0.368 e. The summed E-state index contributed by atoms with van der Waals surface area (Å²) < 4.78 is 15.3. The van der Waals surface area contributed by atoms with E-state index in [1.807, 2.05) is 4.90 Å². The van der Waals surface area contributed by atoms with Gasteiger partial charge in [-0.25, -0.2) is 4.39 Å². The first kappa shape index (κ1) is 17.5. The van der Waals surface area contributed by atoms with E-state index in [9.17, 15) is 9.18 Å². The van der Waals surface area contributed by atoms with E-state index >= 15 is 0 Å². The van der Waals surface area contributed by atoms with Crippen molar-refractivity contribution in [3.8, 4) is 11.8 Å². The number of amides is 1. The van der Waals surface area contributed by atoms with Gasteiger partial charge in [0.05, 0.1) is 5.56 Å². The topological polar surface area (TPSA) is 41.4 Å². The van der Waals surface area contributed by atoms with Gasteiger partial charge in [0.25, 0.3) is 0 Å². The average Bonchev–Trinajstić information content (AvgIpc) is 2.95. The highest BCUT2D eigenvalue weighted by atomic mass is 79.9. The molecule has 0 aliphatic carbocycles. The molecule has 0 radical (unpaired) electrons. The van der Waals surface area contributed by atoms with Crippen LogP contribution in [0.1, 0.15) is 12.5 Å². The summed E-state index contributed by atoms with van der Waals surface area (Å²) in [6.45, 7) is 4.69. The molecule has 1 aromatic carbocycles. The van der Waals surface area contributed by atoms with Gasteiger partial charge in [-0.05, 0) is 47.1 Å². The summed E-state index contributed by atoms with van der Waals surface area (Å²) in [4.78, 5) is 16.5. The third kappa shape index (κ3) is 4.20. The first-order valence-electron chi connectivity index (χ1n) is 8.01. The fourth-order valence-corrected chi connectivity index (χ4v) is 3.21. The zero-order valence-electron chi connectivity index (χ0n) is 13.9. The summed E-state index contributed by atoms with van der Waals surface area (Å²) in [5, 5.41) is 4.27. The smallest absolute Gasteiger partial charge is 0.244 e. The number of anilines is 1. The van der Waals surface area contributed by atoms with Crippen molar-refractivity contribution in [3.05, 3.63) is 46.4 Å². The van der Waals surface area contributed by atoms with Crippen molar-refractivity contribution in [1.29, 1.82) is 0 Å². The molecular weight excluding hydrogens is 387 g/mol. The maximum absolute atomic E-state index is 13.0. The second kappa shape index (κ2) is 7.70. The van der Waals surface area contributed by atoms with E-state index in [0.717, 1.165) is 24.3 Å². The largest absolute Gasteiger partial charge is 0.368 e. The van der Waals surface area contributed by atoms with Gasteiger partial charge in [0.1, 0.15) is 17.0 Å². The van der Waals surface area contributed by atoms with E-state index in [2.05, 4.69) is 37.8 Å². The van der Waals surface area contributed by atoms with Crippen LogP contribution in [0.15, 0.2) is 35.1 Å². The molecule has 1 aromatic heterocycles. The average molecular weight is 405 g/mol. The zero-order chi connectivity index (χ0) is 17.8. The fraction of sp³-hybridized carbons (Fsp3) is 0.333. The van der Waals surface area contributed by atoms with Gasteiger partial charge in [-0.2, -0.15) is 5.10 Å². The van der Waals surface area contributed by atoms with Gasteiger partial charge in [0.15, 0.2) is 0 Å². The van der Waals surface area contributed by atoms with Crippen LogP contribution >= 0.6 is 15.9 Å². The molecule has 2 heterocycles.